The summed E-state index contributed by atoms with van der Waals surface area (Å²) < 4.78 is 13.9. The van der Waals surface area contributed by atoms with Crippen LogP contribution in [0, 0.1) is 5.82 Å². The molecule has 2 aromatic carbocycles. The van der Waals surface area contributed by atoms with Crippen molar-refractivity contribution in [1.29, 1.82) is 0 Å². The van der Waals surface area contributed by atoms with Crippen LogP contribution in [0.4, 0.5) is 10.1 Å². The molecule has 1 fully saturated rings. The molecular formula is C19H19FN4OS. The highest BCUT2D eigenvalue weighted by atomic mass is 32.2. The fourth-order valence-corrected chi connectivity index (χ4v) is 3.91. The number of carbonyl (C=O) groups is 1. The molecule has 1 aliphatic heterocycles. The number of hydrogen-bond acceptors (Lipinski definition) is 4. The van der Waals surface area contributed by atoms with Gasteiger partial charge in [0.1, 0.15) is 5.82 Å². The summed E-state index contributed by atoms with van der Waals surface area (Å²) in [5, 5.41) is 0.754. The number of aromatic amines is 1. The molecule has 5 nitrogen and oxygen atoms in total. The minimum Gasteiger partial charge on any atom is -0.366 e. The lowest BCUT2D eigenvalue weighted by atomic mass is 10.2. The number of fused-ring (bicyclic) bond motifs is 1. The SMILES string of the molecule is O=C(CSc1nc2ccccc2[nH]1)N1CCN(c2ccccc2F)CC1. The van der Waals surface area contributed by atoms with Crippen LogP contribution in [0.25, 0.3) is 11.0 Å². The summed E-state index contributed by atoms with van der Waals surface area (Å²) in [6, 6.07) is 14.6. The van der Waals surface area contributed by atoms with Gasteiger partial charge in [0.2, 0.25) is 5.91 Å². The maximum absolute atomic E-state index is 13.9. The van der Waals surface area contributed by atoms with Crippen molar-refractivity contribution in [2.75, 3.05) is 36.8 Å². The van der Waals surface area contributed by atoms with E-state index in [9.17, 15) is 9.18 Å². The number of hydrogen-bond donors (Lipinski definition) is 1. The molecule has 3 aromatic rings. The van der Waals surface area contributed by atoms with Gasteiger partial charge < -0.3 is 14.8 Å². The van der Waals surface area contributed by atoms with Crippen molar-refractivity contribution in [3.63, 3.8) is 0 Å². The number of nitrogens with one attached hydrogen (secondary N) is 1. The van der Waals surface area contributed by atoms with Gasteiger partial charge in [0.25, 0.3) is 0 Å². The van der Waals surface area contributed by atoms with Gasteiger partial charge >= 0.3 is 0 Å². The van der Waals surface area contributed by atoms with Crippen LogP contribution < -0.4 is 4.90 Å². The van der Waals surface area contributed by atoms with Gasteiger partial charge in [-0.3, -0.25) is 4.79 Å². The fraction of sp³-hybridized carbons (Fsp3) is 0.263. The molecule has 1 amide bonds. The molecule has 134 valence electrons. The Morgan fingerprint density at radius 2 is 1.81 bits per heavy atom. The molecule has 26 heavy (non-hydrogen) atoms. The number of nitrogens with zero attached hydrogens (tertiary/aromatic N) is 3. The number of para-hydroxylation sites is 3. The zero-order valence-corrected chi connectivity index (χ0v) is 15.0. The summed E-state index contributed by atoms with van der Waals surface area (Å²) in [7, 11) is 0. The van der Waals surface area contributed by atoms with Crippen molar-refractivity contribution < 1.29 is 9.18 Å². The van der Waals surface area contributed by atoms with E-state index < -0.39 is 0 Å². The first kappa shape index (κ1) is 16.9. The molecule has 4 rings (SSSR count). The first-order chi connectivity index (χ1) is 12.7. The Bertz CT molecular complexity index is 888. The average Bonchev–Trinajstić information content (AvgIpc) is 3.10. The molecule has 0 spiro atoms. The number of carbonyl (C=O) groups excluding carboxylic acids is 1. The van der Waals surface area contributed by atoms with Gasteiger partial charge in [0, 0.05) is 26.2 Å². The van der Waals surface area contributed by atoms with Crippen molar-refractivity contribution in [2.24, 2.45) is 0 Å². The third-order valence-corrected chi connectivity index (χ3v) is 5.38. The summed E-state index contributed by atoms with van der Waals surface area (Å²) in [4.78, 5) is 24.0. The second-order valence-electron chi connectivity index (χ2n) is 6.17. The highest BCUT2D eigenvalue weighted by molar-refractivity contribution is 7.99. The fourth-order valence-electron chi connectivity index (χ4n) is 3.12. The molecule has 1 N–H and O–H groups in total. The van der Waals surface area contributed by atoms with Gasteiger partial charge in [-0.25, -0.2) is 9.37 Å². The van der Waals surface area contributed by atoms with E-state index in [1.807, 2.05) is 40.1 Å². The Kier molecular flexibility index (Phi) is 4.79. The maximum Gasteiger partial charge on any atom is 0.233 e. The Hall–Kier alpha value is -2.54. The van der Waals surface area contributed by atoms with Crippen LogP contribution in [0.1, 0.15) is 0 Å². The largest absolute Gasteiger partial charge is 0.366 e. The lowest BCUT2D eigenvalue weighted by Gasteiger charge is -2.36. The monoisotopic (exact) mass is 370 g/mol. The van der Waals surface area contributed by atoms with E-state index in [4.69, 9.17) is 0 Å². The second kappa shape index (κ2) is 7.37. The quantitative estimate of drug-likeness (QED) is 0.717. The predicted molar refractivity (Wildman–Crippen MR) is 102 cm³/mol. The van der Waals surface area contributed by atoms with E-state index in [1.165, 1.54) is 17.8 Å². The Balaban J connectivity index is 1.31. The number of anilines is 1. The number of benzene rings is 2. The van der Waals surface area contributed by atoms with Crippen LogP contribution in [-0.2, 0) is 4.79 Å². The van der Waals surface area contributed by atoms with E-state index in [-0.39, 0.29) is 11.7 Å². The second-order valence-corrected chi connectivity index (χ2v) is 7.13. The van der Waals surface area contributed by atoms with Gasteiger partial charge in [-0.2, -0.15) is 0 Å². The van der Waals surface area contributed by atoms with Crippen molar-refractivity contribution in [3.8, 4) is 0 Å². The Morgan fingerprint density at radius 3 is 2.58 bits per heavy atom. The molecule has 7 heteroatoms. The molecule has 0 aliphatic carbocycles. The molecule has 1 saturated heterocycles. The average molecular weight is 370 g/mol. The van der Waals surface area contributed by atoms with Crippen LogP contribution in [0.2, 0.25) is 0 Å². The zero-order chi connectivity index (χ0) is 17.9. The topological polar surface area (TPSA) is 52.2 Å². The lowest BCUT2D eigenvalue weighted by molar-refractivity contribution is -0.128. The highest BCUT2D eigenvalue weighted by Gasteiger charge is 2.22. The number of aromatic nitrogens is 2. The minimum absolute atomic E-state index is 0.0867. The summed E-state index contributed by atoms with van der Waals surface area (Å²) in [5.41, 5.74) is 2.48. The smallest absolute Gasteiger partial charge is 0.233 e. The standard InChI is InChI=1S/C19H19FN4OS/c20-14-5-1-4-8-17(14)23-9-11-24(12-10-23)18(25)13-26-19-21-15-6-2-3-7-16(15)22-19/h1-8H,9-13H2,(H,21,22). The molecule has 0 unspecified atom stereocenters. The first-order valence-electron chi connectivity index (χ1n) is 8.55. The molecule has 0 radical (unpaired) electrons. The number of rotatable bonds is 4. The third kappa shape index (κ3) is 3.53. The van der Waals surface area contributed by atoms with E-state index in [1.54, 1.807) is 12.1 Å². The van der Waals surface area contributed by atoms with Gasteiger partial charge in [-0.05, 0) is 24.3 Å². The molecule has 2 heterocycles. The van der Waals surface area contributed by atoms with Crippen LogP contribution in [0.15, 0.2) is 53.7 Å². The van der Waals surface area contributed by atoms with Gasteiger partial charge in [-0.15, -0.1) is 0 Å². The van der Waals surface area contributed by atoms with Crippen LogP contribution in [-0.4, -0.2) is 52.7 Å². The summed E-state index contributed by atoms with van der Waals surface area (Å²) in [6.45, 7) is 2.49. The highest BCUT2D eigenvalue weighted by Crippen LogP contribution is 2.22. The predicted octanol–water partition coefficient (Wildman–Crippen LogP) is 3.14. The van der Waals surface area contributed by atoms with Crippen molar-refractivity contribution >= 4 is 34.4 Å². The third-order valence-electron chi connectivity index (χ3n) is 4.53. The zero-order valence-electron chi connectivity index (χ0n) is 14.2. The van der Waals surface area contributed by atoms with Crippen molar-refractivity contribution in [1.82, 2.24) is 14.9 Å². The summed E-state index contributed by atoms with van der Waals surface area (Å²) in [6.07, 6.45) is 0. The number of amides is 1. The Labute approximate surface area is 155 Å². The minimum atomic E-state index is -0.215. The number of piperazine rings is 1. The van der Waals surface area contributed by atoms with Crippen LogP contribution in [0.5, 0.6) is 0 Å². The number of halogens is 1. The van der Waals surface area contributed by atoms with Crippen molar-refractivity contribution in [3.05, 3.63) is 54.3 Å². The molecule has 0 bridgehead atoms. The van der Waals surface area contributed by atoms with Crippen LogP contribution >= 0.6 is 11.8 Å². The van der Waals surface area contributed by atoms with Gasteiger partial charge in [0.15, 0.2) is 5.16 Å². The van der Waals surface area contributed by atoms with E-state index in [0.29, 0.717) is 37.6 Å². The Morgan fingerprint density at radius 1 is 1.08 bits per heavy atom. The molecule has 0 atom stereocenters. The molecule has 1 aromatic heterocycles. The van der Waals surface area contributed by atoms with Crippen molar-refractivity contribution in [2.45, 2.75) is 5.16 Å². The number of thioether (sulfide) groups is 1. The molecular weight excluding hydrogens is 351 g/mol. The maximum atomic E-state index is 13.9. The van der Waals surface area contributed by atoms with E-state index >= 15 is 0 Å². The first-order valence-corrected chi connectivity index (χ1v) is 9.54. The van der Waals surface area contributed by atoms with E-state index in [0.717, 1.165) is 16.2 Å². The van der Waals surface area contributed by atoms with E-state index in [2.05, 4.69) is 9.97 Å². The normalized spacial score (nSPS) is 14.8. The molecule has 0 saturated carbocycles. The van der Waals surface area contributed by atoms with Crippen LogP contribution in [0.3, 0.4) is 0 Å². The summed E-state index contributed by atoms with van der Waals surface area (Å²) >= 11 is 1.42. The number of H-pyrrole nitrogens is 1. The van der Waals surface area contributed by atoms with Gasteiger partial charge in [-0.1, -0.05) is 36.0 Å². The molecule has 1 aliphatic rings. The number of imidazole rings is 1. The summed E-state index contributed by atoms with van der Waals surface area (Å²) in [5.74, 6) is 0.218. The van der Waals surface area contributed by atoms with Gasteiger partial charge in [0.05, 0.1) is 22.5 Å². The lowest BCUT2D eigenvalue weighted by Crippen LogP contribution is -2.49.